The standard InChI is InChI=1S/C16H21F2NO/c17-16(18)20-13-7-8-15-14(9-13)12(10-19-15)6-5-11-3-1-2-4-11/h7-9,11-12,16,19H,1-6,10H2. The summed E-state index contributed by atoms with van der Waals surface area (Å²) in [6.07, 6.45) is 7.87. The van der Waals surface area contributed by atoms with E-state index in [4.69, 9.17) is 0 Å². The van der Waals surface area contributed by atoms with Crippen LogP contribution in [0.1, 0.15) is 50.0 Å². The number of benzene rings is 1. The molecule has 1 aromatic rings. The largest absolute Gasteiger partial charge is 0.435 e. The van der Waals surface area contributed by atoms with Crippen LogP contribution in [-0.2, 0) is 0 Å². The number of rotatable bonds is 5. The summed E-state index contributed by atoms with van der Waals surface area (Å²) in [6.45, 7) is -1.83. The van der Waals surface area contributed by atoms with Gasteiger partial charge in [0.05, 0.1) is 0 Å². The first-order valence-corrected chi connectivity index (χ1v) is 7.55. The first-order valence-electron chi connectivity index (χ1n) is 7.55. The third-order valence-electron chi connectivity index (χ3n) is 4.63. The molecule has 4 heteroatoms. The molecule has 0 spiro atoms. The van der Waals surface area contributed by atoms with E-state index in [-0.39, 0.29) is 5.75 Å². The lowest BCUT2D eigenvalue weighted by molar-refractivity contribution is -0.0498. The maximum absolute atomic E-state index is 12.3. The minimum absolute atomic E-state index is 0.272. The van der Waals surface area contributed by atoms with Gasteiger partial charge < -0.3 is 10.1 Å². The predicted molar refractivity (Wildman–Crippen MR) is 75.5 cm³/mol. The van der Waals surface area contributed by atoms with Gasteiger partial charge in [-0.1, -0.05) is 25.7 Å². The number of hydrogen-bond donors (Lipinski definition) is 1. The quantitative estimate of drug-likeness (QED) is 0.839. The first kappa shape index (κ1) is 13.7. The van der Waals surface area contributed by atoms with Gasteiger partial charge in [-0.3, -0.25) is 0 Å². The molecule has 20 heavy (non-hydrogen) atoms. The van der Waals surface area contributed by atoms with Gasteiger partial charge in [-0.05, 0) is 42.5 Å². The molecular formula is C16H21F2NO. The number of nitrogens with one attached hydrogen (secondary N) is 1. The monoisotopic (exact) mass is 281 g/mol. The van der Waals surface area contributed by atoms with Gasteiger partial charge in [0, 0.05) is 18.2 Å². The Morgan fingerprint density at radius 1 is 1.20 bits per heavy atom. The molecule has 2 nitrogen and oxygen atoms in total. The molecule has 1 fully saturated rings. The number of halogens is 2. The fourth-order valence-corrected chi connectivity index (χ4v) is 3.55. The molecule has 1 heterocycles. The van der Waals surface area contributed by atoms with Crippen molar-refractivity contribution in [2.24, 2.45) is 5.92 Å². The average molecular weight is 281 g/mol. The molecule has 110 valence electrons. The second-order valence-electron chi connectivity index (χ2n) is 5.93. The topological polar surface area (TPSA) is 21.3 Å². The molecule has 0 saturated heterocycles. The Bertz CT molecular complexity index is 458. The number of alkyl halides is 2. The van der Waals surface area contributed by atoms with Crippen LogP contribution in [0.3, 0.4) is 0 Å². The Morgan fingerprint density at radius 2 is 2.00 bits per heavy atom. The second-order valence-corrected chi connectivity index (χ2v) is 5.93. The second kappa shape index (κ2) is 5.98. The van der Waals surface area contributed by atoms with Crippen LogP contribution in [0.4, 0.5) is 14.5 Å². The third-order valence-corrected chi connectivity index (χ3v) is 4.63. The van der Waals surface area contributed by atoms with E-state index in [0.717, 1.165) is 30.1 Å². The molecule has 1 aliphatic heterocycles. The zero-order valence-electron chi connectivity index (χ0n) is 11.6. The molecule has 1 aromatic carbocycles. The molecular weight excluding hydrogens is 260 g/mol. The van der Waals surface area contributed by atoms with Gasteiger partial charge in [-0.25, -0.2) is 0 Å². The van der Waals surface area contributed by atoms with Crippen molar-refractivity contribution in [3.05, 3.63) is 23.8 Å². The van der Waals surface area contributed by atoms with E-state index in [9.17, 15) is 8.78 Å². The molecule has 1 unspecified atom stereocenters. The molecule has 1 N–H and O–H groups in total. The van der Waals surface area contributed by atoms with Crippen LogP contribution in [0.5, 0.6) is 5.75 Å². The normalized spacial score (nSPS) is 22.1. The third kappa shape index (κ3) is 3.05. The van der Waals surface area contributed by atoms with Crippen LogP contribution in [0.25, 0.3) is 0 Å². The first-order chi connectivity index (χ1) is 9.72. The van der Waals surface area contributed by atoms with Gasteiger partial charge in [0.2, 0.25) is 0 Å². The van der Waals surface area contributed by atoms with Gasteiger partial charge in [0.1, 0.15) is 5.75 Å². The van der Waals surface area contributed by atoms with Crippen LogP contribution < -0.4 is 10.1 Å². The fourth-order valence-electron chi connectivity index (χ4n) is 3.55. The van der Waals surface area contributed by atoms with Gasteiger partial charge in [0.25, 0.3) is 0 Å². The summed E-state index contributed by atoms with van der Waals surface area (Å²) in [5, 5.41) is 3.36. The van der Waals surface area contributed by atoms with Gasteiger partial charge in [0.15, 0.2) is 0 Å². The van der Waals surface area contributed by atoms with Crippen LogP contribution in [-0.4, -0.2) is 13.2 Å². The summed E-state index contributed by atoms with van der Waals surface area (Å²) in [5.74, 6) is 1.58. The van der Waals surface area contributed by atoms with Crippen molar-refractivity contribution < 1.29 is 13.5 Å². The van der Waals surface area contributed by atoms with E-state index >= 15 is 0 Å². The zero-order valence-corrected chi connectivity index (χ0v) is 11.6. The lowest BCUT2D eigenvalue weighted by Crippen LogP contribution is -2.05. The van der Waals surface area contributed by atoms with E-state index in [1.807, 2.05) is 6.07 Å². The van der Waals surface area contributed by atoms with Crippen molar-refractivity contribution in [1.29, 1.82) is 0 Å². The molecule has 2 aliphatic rings. The SMILES string of the molecule is FC(F)Oc1ccc2c(c1)C(CCC1CCCC1)CN2. The van der Waals surface area contributed by atoms with Crippen molar-refractivity contribution in [2.75, 3.05) is 11.9 Å². The van der Waals surface area contributed by atoms with Gasteiger partial charge in [-0.15, -0.1) is 0 Å². The molecule has 1 aliphatic carbocycles. The summed E-state index contributed by atoms with van der Waals surface area (Å²) in [6, 6.07) is 5.24. The van der Waals surface area contributed by atoms with Gasteiger partial charge in [-0.2, -0.15) is 8.78 Å². The summed E-state index contributed by atoms with van der Waals surface area (Å²) in [7, 11) is 0. The molecule has 0 bridgehead atoms. The number of hydrogen-bond acceptors (Lipinski definition) is 2. The van der Waals surface area contributed by atoms with Crippen LogP contribution >= 0.6 is 0 Å². The molecule has 0 aromatic heterocycles. The molecule has 0 amide bonds. The summed E-state index contributed by atoms with van der Waals surface area (Å²) < 4.78 is 29.1. The smallest absolute Gasteiger partial charge is 0.387 e. The van der Waals surface area contributed by atoms with Crippen molar-refractivity contribution >= 4 is 5.69 Å². The lowest BCUT2D eigenvalue weighted by Gasteiger charge is -2.14. The zero-order chi connectivity index (χ0) is 13.9. The highest BCUT2D eigenvalue weighted by molar-refractivity contribution is 5.60. The highest BCUT2D eigenvalue weighted by Crippen LogP contribution is 2.39. The highest BCUT2D eigenvalue weighted by Gasteiger charge is 2.25. The molecule has 0 radical (unpaired) electrons. The van der Waals surface area contributed by atoms with E-state index in [2.05, 4.69) is 10.1 Å². The van der Waals surface area contributed by atoms with Gasteiger partial charge >= 0.3 is 6.61 Å². The summed E-state index contributed by atoms with van der Waals surface area (Å²) in [4.78, 5) is 0. The lowest BCUT2D eigenvalue weighted by atomic mass is 9.91. The van der Waals surface area contributed by atoms with E-state index in [1.54, 1.807) is 12.1 Å². The average Bonchev–Trinajstić information content (AvgIpc) is 3.04. The van der Waals surface area contributed by atoms with E-state index < -0.39 is 6.61 Å². The fraction of sp³-hybridized carbons (Fsp3) is 0.625. The summed E-state index contributed by atoms with van der Waals surface area (Å²) in [5.41, 5.74) is 2.21. The maximum atomic E-state index is 12.3. The minimum atomic E-state index is -2.75. The number of fused-ring (bicyclic) bond motifs is 1. The number of anilines is 1. The van der Waals surface area contributed by atoms with E-state index in [0.29, 0.717) is 5.92 Å². The Balaban J connectivity index is 1.64. The van der Waals surface area contributed by atoms with E-state index in [1.165, 1.54) is 32.1 Å². The minimum Gasteiger partial charge on any atom is -0.435 e. The number of ether oxygens (including phenoxy) is 1. The van der Waals surface area contributed by atoms with Crippen molar-refractivity contribution in [3.8, 4) is 5.75 Å². The molecule has 1 atom stereocenters. The van der Waals surface area contributed by atoms with Crippen LogP contribution in [0.15, 0.2) is 18.2 Å². The molecule has 3 rings (SSSR count). The van der Waals surface area contributed by atoms with Crippen molar-refractivity contribution in [2.45, 2.75) is 51.1 Å². The van der Waals surface area contributed by atoms with Crippen molar-refractivity contribution in [3.63, 3.8) is 0 Å². The summed E-state index contributed by atoms with van der Waals surface area (Å²) >= 11 is 0. The Hall–Kier alpha value is -1.32. The predicted octanol–water partition coefficient (Wildman–Crippen LogP) is 4.77. The highest BCUT2D eigenvalue weighted by atomic mass is 19.3. The Morgan fingerprint density at radius 3 is 2.75 bits per heavy atom. The molecule has 1 saturated carbocycles. The Kier molecular flexibility index (Phi) is 4.08. The van der Waals surface area contributed by atoms with Crippen molar-refractivity contribution in [1.82, 2.24) is 0 Å². The Labute approximate surface area is 118 Å². The van der Waals surface area contributed by atoms with Crippen LogP contribution in [0, 0.1) is 5.92 Å². The van der Waals surface area contributed by atoms with Crippen LogP contribution in [0.2, 0.25) is 0 Å². The maximum Gasteiger partial charge on any atom is 0.387 e.